The van der Waals surface area contributed by atoms with Crippen LogP contribution in [0.25, 0.3) is 10.4 Å². The van der Waals surface area contributed by atoms with Crippen LogP contribution in [0.3, 0.4) is 0 Å². The molecule has 0 aliphatic carbocycles. The molecule has 0 saturated heterocycles. The fraction of sp³-hybridized carbons (Fsp3) is 0.250. The maximum atomic E-state index is 10.7. The Morgan fingerprint density at radius 2 is 2.21 bits per heavy atom. The maximum absolute atomic E-state index is 10.7. The van der Waals surface area contributed by atoms with E-state index < -0.39 is 0 Å². The molecule has 1 aromatic carbocycles. The number of carbonyl (C=O) groups is 1. The van der Waals surface area contributed by atoms with Gasteiger partial charge in [0.1, 0.15) is 6.29 Å². The van der Waals surface area contributed by atoms with Gasteiger partial charge in [0, 0.05) is 16.2 Å². The van der Waals surface area contributed by atoms with Gasteiger partial charge in [-0.15, -0.1) is 11.3 Å². The minimum absolute atomic E-state index is 0.315. The molecule has 1 atom stereocenters. The summed E-state index contributed by atoms with van der Waals surface area (Å²) in [4.78, 5) is 13.1. The second-order valence-corrected chi connectivity index (χ2v) is 5.52. The Kier molecular flexibility index (Phi) is 4.48. The summed E-state index contributed by atoms with van der Waals surface area (Å²) in [6.07, 6.45) is 2.54. The molecule has 2 nitrogen and oxygen atoms in total. The number of carbonyl (C=O) groups excluding carboxylic acids is 1. The highest BCUT2D eigenvalue weighted by Gasteiger charge is 2.12. The van der Waals surface area contributed by atoms with Crippen molar-refractivity contribution >= 4 is 17.6 Å². The van der Waals surface area contributed by atoms with Crippen molar-refractivity contribution < 1.29 is 4.79 Å². The van der Waals surface area contributed by atoms with Gasteiger partial charge in [0.25, 0.3) is 0 Å². The van der Waals surface area contributed by atoms with Crippen molar-refractivity contribution in [3.63, 3.8) is 0 Å². The molecule has 2 aromatic rings. The normalized spacial score (nSPS) is 11.8. The highest BCUT2D eigenvalue weighted by Crippen LogP contribution is 2.34. The molecular formula is C16H15NOS. The van der Waals surface area contributed by atoms with E-state index in [1.54, 1.807) is 17.4 Å². The molecule has 0 N–H and O–H groups in total. The summed E-state index contributed by atoms with van der Waals surface area (Å²) in [5.74, 6) is 0.315. The van der Waals surface area contributed by atoms with Gasteiger partial charge < -0.3 is 4.79 Å². The lowest BCUT2D eigenvalue weighted by atomic mass is 10.0. The summed E-state index contributed by atoms with van der Waals surface area (Å²) < 4.78 is 0. The van der Waals surface area contributed by atoms with Crippen molar-refractivity contribution in [2.45, 2.75) is 25.7 Å². The molecule has 0 aliphatic heterocycles. The van der Waals surface area contributed by atoms with Crippen molar-refractivity contribution in [1.29, 1.82) is 5.26 Å². The molecule has 1 unspecified atom stereocenters. The number of nitriles is 1. The predicted octanol–water partition coefficient (Wildman–Crippen LogP) is 4.37. The van der Waals surface area contributed by atoms with E-state index >= 15 is 0 Å². The number of rotatable bonds is 5. The molecule has 19 heavy (non-hydrogen) atoms. The van der Waals surface area contributed by atoms with E-state index in [4.69, 9.17) is 5.26 Å². The number of benzene rings is 1. The van der Waals surface area contributed by atoms with Gasteiger partial charge >= 0.3 is 0 Å². The summed E-state index contributed by atoms with van der Waals surface area (Å²) in [5, 5.41) is 8.92. The van der Waals surface area contributed by atoms with Gasteiger partial charge in [-0.2, -0.15) is 5.26 Å². The number of hydrogen-bond donors (Lipinski definition) is 0. The Morgan fingerprint density at radius 1 is 1.37 bits per heavy atom. The molecule has 0 fully saturated rings. The molecule has 3 heteroatoms. The van der Waals surface area contributed by atoms with Crippen LogP contribution >= 0.6 is 11.3 Å². The zero-order chi connectivity index (χ0) is 13.7. The summed E-state index contributed by atoms with van der Waals surface area (Å²) >= 11 is 1.71. The molecule has 1 aromatic heterocycles. The average Bonchev–Trinajstić information content (AvgIpc) is 2.94. The summed E-state index contributed by atoms with van der Waals surface area (Å²) in [5.41, 5.74) is 1.74. The lowest BCUT2D eigenvalue weighted by Gasteiger charge is -2.07. The van der Waals surface area contributed by atoms with Crippen LogP contribution in [-0.4, -0.2) is 6.29 Å². The van der Waals surface area contributed by atoms with Crippen LogP contribution in [0.4, 0.5) is 0 Å². The molecule has 1 heterocycles. The van der Waals surface area contributed by atoms with E-state index in [9.17, 15) is 4.79 Å². The summed E-state index contributed by atoms with van der Waals surface area (Å²) in [7, 11) is 0. The van der Waals surface area contributed by atoms with Gasteiger partial charge in [0.15, 0.2) is 0 Å². The van der Waals surface area contributed by atoms with E-state index in [2.05, 4.69) is 25.1 Å². The summed E-state index contributed by atoms with van der Waals surface area (Å²) in [6.45, 7) is 2.10. The van der Waals surface area contributed by atoms with Crippen LogP contribution in [0, 0.1) is 11.3 Å². The fourth-order valence-corrected chi connectivity index (χ4v) is 3.27. The Morgan fingerprint density at radius 3 is 2.89 bits per heavy atom. The van der Waals surface area contributed by atoms with Crippen LogP contribution in [0.2, 0.25) is 0 Å². The van der Waals surface area contributed by atoms with Crippen molar-refractivity contribution in [3.05, 3.63) is 46.8 Å². The Bertz CT molecular complexity index is 609. The third kappa shape index (κ3) is 3.10. The molecule has 0 saturated carbocycles. The minimum atomic E-state index is 0.315. The van der Waals surface area contributed by atoms with Crippen molar-refractivity contribution in [2.75, 3.05) is 0 Å². The maximum Gasteiger partial charge on any atom is 0.120 e. The zero-order valence-electron chi connectivity index (χ0n) is 10.8. The van der Waals surface area contributed by atoms with Gasteiger partial charge in [0.2, 0.25) is 0 Å². The molecule has 0 amide bonds. The second-order valence-electron chi connectivity index (χ2n) is 4.40. The van der Waals surface area contributed by atoms with E-state index in [1.807, 2.05) is 18.2 Å². The number of thiophene rings is 1. The van der Waals surface area contributed by atoms with E-state index in [0.29, 0.717) is 17.9 Å². The SMILES string of the molecule is CCC(CC=O)c1ccc(-c2cccc(C#N)c2)s1. The first-order chi connectivity index (χ1) is 9.28. The van der Waals surface area contributed by atoms with E-state index in [0.717, 1.165) is 23.1 Å². The third-order valence-corrected chi connectivity index (χ3v) is 4.48. The first-order valence-electron chi connectivity index (χ1n) is 6.32. The first-order valence-corrected chi connectivity index (χ1v) is 7.14. The fourth-order valence-electron chi connectivity index (χ4n) is 2.07. The van der Waals surface area contributed by atoms with Gasteiger partial charge in [0.05, 0.1) is 11.6 Å². The number of nitrogens with zero attached hydrogens (tertiary/aromatic N) is 1. The topological polar surface area (TPSA) is 40.9 Å². The highest BCUT2D eigenvalue weighted by atomic mass is 32.1. The van der Waals surface area contributed by atoms with Crippen molar-refractivity contribution in [3.8, 4) is 16.5 Å². The van der Waals surface area contributed by atoms with Gasteiger partial charge in [-0.25, -0.2) is 0 Å². The Labute approximate surface area is 117 Å². The van der Waals surface area contributed by atoms with Gasteiger partial charge in [-0.1, -0.05) is 19.1 Å². The lowest BCUT2D eigenvalue weighted by molar-refractivity contribution is -0.108. The van der Waals surface area contributed by atoms with Crippen LogP contribution in [-0.2, 0) is 4.79 Å². The summed E-state index contributed by atoms with van der Waals surface area (Å²) in [6, 6.07) is 13.9. The highest BCUT2D eigenvalue weighted by molar-refractivity contribution is 7.15. The Hall–Kier alpha value is -1.92. The minimum Gasteiger partial charge on any atom is -0.303 e. The van der Waals surface area contributed by atoms with Gasteiger partial charge in [-0.3, -0.25) is 0 Å². The second kappa shape index (κ2) is 6.31. The molecule has 0 radical (unpaired) electrons. The smallest absolute Gasteiger partial charge is 0.120 e. The average molecular weight is 269 g/mol. The first kappa shape index (κ1) is 13.5. The van der Waals surface area contributed by atoms with Crippen LogP contribution in [0.15, 0.2) is 36.4 Å². The van der Waals surface area contributed by atoms with Crippen molar-refractivity contribution in [1.82, 2.24) is 0 Å². The lowest BCUT2D eigenvalue weighted by Crippen LogP contribution is -1.94. The van der Waals surface area contributed by atoms with Gasteiger partial charge in [-0.05, 0) is 42.2 Å². The third-order valence-electron chi connectivity index (χ3n) is 3.18. The molecule has 0 bridgehead atoms. The molecule has 0 spiro atoms. The standard InChI is InChI=1S/C16H15NOS/c1-2-13(8-9-18)15-6-7-16(19-15)14-5-3-4-12(10-14)11-17/h3-7,9-10,13H,2,8H2,1H3. The molecule has 96 valence electrons. The molecular weight excluding hydrogens is 254 g/mol. The van der Waals surface area contributed by atoms with Crippen LogP contribution in [0.1, 0.15) is 36.1 Å². The Balaban J connectivity index is 2.29. The van der Waals surface area contributed by atoms with Crippen LogP contribution < -0.4 is 0 Å². The van der Waals surface area contributed by atoms with Crippen LogP contribution in [0.5, 0.6) is 0 Å². The number of hydrogen-bond acceptors (Lipinski definition) is 3. The number of aldehydes is 1. The zero-order valence-corrected chi connectivity index (χ0v) is 11.6. The monoisotopic (exact) mass is 269 g/mol. The predicted molar refractivity (Wildman–Crippen MR) is 78.2 cm³/mol. The largest absolute Gasteiger partial charge is 0.303 e. The quantitative estimate of drug-likeness (QED) is 0.756. The van der Waals surface area contributed by atoms with E-state index in [-0.39, 0.29) is 0 Å². The van der Waals surface area contributed by atoms with E-state index in [1.165, 1.54) is 4.88 Å². The molecule has 0 aliphatic rings. The van der Waals surface area contributed by atoms with Crippen molar-refractivity contribution in [2.24, 2.45) is 0 Å². The molecule has 2 rings (SSSR count).